The van der Waals surface area contributed by atoms with Crippen LogP contribution in [0.4, 0.5) is 0 Å². The molecule has 0 aliphatic rings. The quantitative estimate of drug-likeness (QED) is 0.694. The normalized spacial score (nSPS) is 11.8. The number of primary amides is 1. The molecule has 0 aliphatic heterocycles. The van der Waals surface area contributed by atoms with Crippen molar-refractivity contribution in [3.05, 3.63) is 35.9 Å². The van der Waals surface area contributed by atoms with Crippen molar-refractivity contribution in [3.8, 4) is 0 Å². The number of carbonyl (C=O) groups is 2. The van der Waals surface area contributed by atoms with E-state index in [4.69, 9.17) is 5.73 Å². The second kappa shape index (κ2) is 7.45. The lowest BCUT2D eigenvalue weighted by molar-refractivity contribution is -0.143. The zero-order chi connectivity index (χ0) is 13.4. The summed E-state index contributed by atoms with van der Waals surface area (Å²) in [6.45, 7) is 0.541. The Morgan fingerprint density at radius 1 is 1.33 bits per heavy atom. The fourth-order valence-corrected chi connectivity index (χ4v) is 1.57. The standard InChI is InChI=1S/C13H18N2O3/c1-18-13(17)11(7-8-12(14)16)15-9-10-5-3-2-4-6-10/h2-6,11,15H,7-9H2,1H3,(H2,14,16)/t11-/m0/s1. The summed E-state index contributed by atoms with van der Waals surface area (Å²) in [5.74, 6) is -0.808. The van der Waals surface area contributed by atoms with Gasteiger partial charge in [-0.15, -0.1) is 0 Å². The van der Waals surface area contributed by atoms with E-state index in [-0.39, 0.29) is 12.4 Å². The van der Waals surface area contributed by atoms with E-state index in [1.165, 1.54) is 7.11 Å². The number of ether oxygens (including phenoxy) is 1. The van der Waals surface area contributed by atoms with E-state index in [0.29, 0.717) is 13.0 Å². The number of benzene rings is 1. The molecule has 0 radical (unpaired) electrons. The molecule has 0 aliphatic carbocycles. The van der Waals surface area contributed by atoms with Gasteiger partial charge in [-0.3, -0.25) is 9.59 Å². The van der Waals surface area contributed by atoms with Gasteiger partial charge in [0.05, 0.1) is 7.11 Å². The van der Waals surface area contributed by atoms with Crippen LogP contribution in [0.25, 0.3) is 0 Å². The third kappa shape index (κ3) is 4.97. The van der Waals surface area contributed by atoms with E-state index >= 15 is 0 Å². The summed E-state index contributed by atoms with van der Waals surface area (Å²) in [6.07, 6.45) is 0.496. The van der Waals surface area contributed by atoms with Crippen molar-refractivity contribution in [3.63, 3.8) is 0 Å². The van der Waals surface area contributed by atoms with E-state index in [0.717, 1.165) is 5.56 Å². The molecule has 1 aromatic rings. The lowest BCUT2D eigenvalue weighted by atomic mass is 10.1. The Kier molecular flexibility index (Phi) is 5.87. The molecule has 0 unspecified atom stereocenters. The van der Waals surface area contributed by atoms with E-state index in [2.05, 4.69) is 10.1 Å². The van der Waals surface area contributed by atoms with Crippen LogP contribution in [0.5, 0.6) is 0 Å². The minimum Gasteiger partial charge on any atom is -0.468 e. The Bertz CT molecular complexity index is 392. The number of methoxy groups -OCH3 is 1. The zero-order valence-corrected chi connectivity index (χ0v) is 10.4. The van der Waals surface area contributed by atoms with Crippen molar-refractivity contribution < 1.29 is 14.3 Å². The van der Waals surface area contributed by atoms with Gasteiger partial charge in [0, 0.05) is 13.0 Å². The number of rotatable bonds is 7. The van der Waals surface area contributed by atoms with Gasteiger partial charge in [-0.2, -0.15) is 0 Å². The summed E-state index contributed by atoms with van der Waals surface area (Å²) in [5, 5.41) is 3.06. The minimum atomic E-state index is -0.511. The fourth-order valence-electron chi connectivity index (χ4n) is 1.57. The molecule has 98 valence electrons. The smallest absolute Gasteiger partial charge is 0.322 e. The predicted octanol–water partition coefficient (Wildman–Crippen LogP) is 0.583. The van der Waals surface area contributed by atoms with Gasteiger partial charge in [-0.1, -0.05) is 30.3 Å². The number of amides is 1. The van der Waals surface area contributed by atoms with Crippen LogP contribution in [0.1, 0.15) is 18.4 Å². The lowest BCUT2D eigenvalue weighted by Gasteiger charge is -2.15. The molecule has 1 atom stereocenters. The van der Waals surface area contributed by atoms with Crippen molar-refractivity contribution in [2.45, 2.75) is 25.4 Å². The Morgan fingerprint density at radius 2 is 2.00 bits per heavy atom. The Morgan fingerprint density at radius 3 is 2.56 bits per heavy atom. The van der Waals surface area contributed by atoms with Crippen LogP contribution in [0.3, 0.4) is 0 Å². The molecule has 5 nitrogen and oxygen atoms in total. The number of hydrogen-bond donors (Lipinski definition) is 2. The van der Waals surface area contributed by atoms with Crippen LogP contribution in [-0.4, -0.2) is 25.0 Å². The van der Waals surface area contributed by atoms with Crippen LogP contribution < -0.4 is 11.1 Å². The molecule has 0 aromatic heterocycles. The number of nitrogens with one attached hydrogen (secondary N) is 1. The molecule has 5 heteroatoms. The van der Waals surface area contributed by atoms with Gasteiger partial charge in [0.25, 0.3) is 0 Å². The fraction of sp³-hybridized carbons (Fsp3) is 0.385. The molecular formula is C13H18N2O3. The van der Waals surface area contributed by atoms with E-state index < -0.39 is 11.9 Å². The van der Waals surface area contributed by atoms with Crippen LogP contribution >= 0.6 is 0 Å². The number of esters is 1. The highest BCUT2D eigenvalue weighted by molar-refractivity contribution is 5.78. The summed E-state index contributed by atoms with van der Waals surface area (Å²) in [5.41, 5.74) is 6.13. The second-order valence-corrected chi connectivity index (χ2v) is 3.95. The van der Waals surface area contributed by atoms with Gasteiger partial charge in [0.1, 0.15) is 6.04 Å². The molecule has 0 heterocycles. The molecule has 0 fully saturated rings. The van der Waals surface area contributed by atoms with Crippen molar-refractivity contribution in [1.82, 2.24) is 5.32 Å². The predicted molar refractivity (Wildman–Crippen MR) is 67.5 cm³/mol. The first-order chi connectivity index (χ1) is 8.63. The molecule has 1 aromatic carbocycles. The van der Waals surface area contributed by atoms with Gasteiger partial charge in [0.15, 0.2) is 0 Å². The molecular weight excluding hydrogens is 232 g/mol. The van der Waals surface area contributed by atoms with Gasteiger partial charge in [0.2, 0.25) is 5.91 Å². The summed E-state index contributed by atoms with van der Waals surface area (Å²) < 4.78 is 4.68. The average Bonchev–Trinajstić information content (AvgIpc) is 2.39. The first-order valence-corrected chi connectivity index (χ1v) is 5.77. The summed E-state index contributed by atoms with van der Waals surface area (Å²) in [6, 6.07) is 9.17. The van der Waals surface area contributed by atoms with Gasteiger partial charge in [-0.25, -0.2) is 0 Å². The Balaban J connectivity index is 2.50. The van der Waals surface area contributed by atoms with Gasteiger partial charge < -0.3 is 15.8 Å². The highest BCUT2D eigenvalue weighted by Gasteiger charge is 2.18. The Hall–Kier alpha value is -1.88. The molecule has 1 rings (SSSR count). The minimum absolute atomic E-state index is 0.154. The molecule has 0 bridgehead atoms. The van der Waals surface area contributed by atoms with Crippen molar-refractivity contribution in [2.75, 3.05) is 7.11 Å². The lowest BCUT2D eigenvalue weighted by Crippen LogP contribution is -2.38. The third-order valence-electron chi connectivity index (χ3n) is 2.56. The third-order valence-corrected chi connectivity index (χ3v) is 2.56. The summed E-state index contributed by atoms with van der Waals surface area (Å²) in [4.78, 5) is 22.2. The maximum atomic E-state index is 11.5. The highest BCUT2D eigenvalue weighted by Crippen LogP contribution is 2.03. The largest absolute Gasteiger partial charge is 0.468 e. The number of carbonyl (C=O) groups excluding carboxylic acids is 2. The SMILES string of the molecule is COC(=O)[C@H](CCC(N)=O)NCc1ccccc1. The molecule has 0 saturated heterocycles. The van der Waals surface area contributed by atoms with Crippen molar-refractivity contribution >= 4 is 11.9 Å². The molecule has 1 amide bonds. The number of hydrogen-bond acceptors (Lipinski definition) is 4. The molecule has 3 N–H and O–H groups in total. The molecule has 0 spiro atoms. The van der Waals surface area contributed by atoms with Crippen LogP contribution in [0.2, 0.25) is 0 Å². The van der Waals surface area contributed by atoms with E-state index in [9.17, 15) is 9.59 Å². The van der Waals surface area contributed by atoms with Crippen LogP contribution in [0, 0.1) is 0 Å². The average molecular weight is 250 g/mol. The Labute approximate surface area is 106 Å². The first kappa shape index (κ1) is 14.2. The highest BCUT2D eigenvalue weighted by atomic mass is 16.5. The summed E-state index contributed by atoms with van der Waals surface area (Å²) >= 11 is 0. The molecule has 18 heavy (non-hydrogen) atoms. The van der Waals surface area contributed by atoms with E-state index in [1.807, 2.05) is 30.3 Å². The maximum Gasteiger partial charge on any atom is 0.322 e. The van der Waals surface area contributed by atoms with Crippen LogP contribution in [-0.2, 0) is 20.9 Å². The van der Waals surface area contributed by atoms with Gasteiger partial charge >= 0.3 is 5.97 Å². The second-order valence-electron chi connectivity index (χ2n) is 3.95. The topological polar surface area (TPSA) is 81.4 Å². The van der Waals surface area contributed by atoms with Gasteiger partial charge in [-0.05, 0) is 12.0 Å². The summed E-state index contributed by atoms with van der Waals surface area (Å²) in [7, 11) is 1.32. The van der Waals surface area contributed by atoms with E-state index in [1.54, 1.807) is 0 Å². The van der Waals surface area contributed by atoms with Crippen molar-refractivity contribution in [2.24, 2.45) is 5.73 Å². The van der Waals surface area contributed by atoms with Crippen molar-refractivity contribution in [1.29, 1.82) is 0 Å². The number of nitrogens with two attached hydrogens (primary N) is 1. The monoisotopic (exact) mass is 250 g/mol. The van der Waals surface area contributed by atoms with Crippen LogP contribution in [0.15, 0.2) is 30.3 Å². The molecule has 0 saturated carbocycles. The zero-order valence-electron chi connectivity index (χ0n) is 10.4. The maximum absolute atomic E-state index is 11.5. The first-order valence-electron chi connectivity index (χ1n) is 5.77.